The standard InChI is InChI=1S/C26H29ClN4O4/c1-15-21(29-25(32)18-9-5-4-6-10-18)13-14-22(28-15)24-23(16(2)31-35-24)30-26(33)34-17(3)19-11-7-8-12-20(19)27/h7-8,11-14,17-18H,4-6,9-10H2,1-3H3,(H,29,32)(H,30,33)/t17-/m1/s1. The van der Waals surface area contributed by atoms with Crippen molar-refractivity contribution in [3.63, 3.8) is 0 Å². The van der Waals surface area contributed by atoms with E-state index in [1.54, 1.807) is 38.1 Å². The summed E-state index contributed by atoms with van der Waals surface area (Å²) in [5.41, 5.74) is 3.33. The third kappa shape index (κ3) is 5.82. The Morgan fingerprint density at radius 2 is 1.80 bits per heavy atom. The molecule has 2 aromatic heterocycles. The van der Waals surface area contributed by atoms with Crippen LogP contribution in [0.1, 0.15) is 62.1 Å². The lowest BCUT2D eigenvalue weighted by molar-refractivity contribution is -0.120. The number of aryl methyl sites for hydroxylation is 2. The Bertz CT molecular complexity index is 1220. The van der Waals surface area contributed by atoms with Gasteiger partial charge in [0, 0.05) is 16.5 Å². The van der Waals surface area contributed by atoms with Gasteiger partial charge in [0.15, 0.2) is 0 Å². The van der Waals surface area contributed by atoms with Crippen LogP contribution in [0.3, 0.4) is 0 Å². The molecule has 1 fully saturated rings. The Morgan fingerprint density at radius 3 is 2.51 bits per heavy atom. The molecule has 4 rings (SSSR count). The number of hydrogen-bond donors (Lipinski definition) is 2. The molecular weight excluding hydrogens is 468 g/mol. The molecule has 2 amide bonds. The highest BCUT2D eigenvalue weighted by molar-refractivity contribution is 6.31. The van der Waals surface area contributed by atoms with Crippen LogP contribution in [0.4, 0.5) is 16.2 Å². The summed E-state index contributed by atoms with van der Waals surface area (Å²) >= 11 is 6.21. The van der Waals surface area contributed by atoms with Crippen molar-refractivity contribution in [2.75, 3.05) is 10.6 Å². The number of nitrogens with zero attached hydrogens (tertiary/aromatic N) is 2. The number of anilines is 2. The van der Waals surface area contributed by atoms with Gasteiger partial charge in [-0.15, -0.1) is 0 Å². The third-order valence-electron chi connectivity index (χ3n) is 6.27. The van der Waals surface area contributed by atoms with Crippen LogP contribution < -0.4 is 10.6 Å². The minimum atomic E-state index is -0.668. The minimum absolute atomic E-state index is 0.0376. The summed E-state index contributed by atoms with van der Waals surface area (Å²) in [6.07, 6.45) is 4.00. The van der Waals surface area contributed by atoms with Gasteiger partial charge in [-0.3, -0.25) is 10.1 Å². The fourth-order valence-electron chi connectivity index (χ4n) is 4.27. The van der Waals surface area contributed by atoms with Crippen LogP contribution in [0.2, 0.25) is 5.02 Å². The van der Waals surface area contributed by atoms with Crippen molar-refractivity contribution >= 4 is 35.0 Å². The van der Waals surface area contributed by atoms with Gasteiger partial charge in [0.25, 0.3) is 0 Å². The van der Waals surface area contributed by atoms with Crippen LogP contribution in [-0.2, 0) is 9.53 Å². The number of aromatic nitrogens is 2. The first-order valence-corrected chi connectivity index (χ1v) is 12.2. The van der Waals surface area contributed by atoms with Gasteiger partial charge in [-0.2, -0.15) is 0 Å². The van der Waals surface area contributed by atoms with E-state index in [0.29, 0.717) is 44.8 Å². The van der Waals surface area contributed by atoms with E-state index >= 15 is 0 Å². The van der Waals surface area contributed by atoms with Gasteiger partial charge >= 0.3 is 6.09 Å². The van der Waals surface area contributed by atoms with Crippen molar-refractivity contribution in [1.82, 2.24) is 10.1 Å². The smallest absolute Gasteiger partial charge is 0.412 e. The molecule has 3 aromatic rings. The van der Waals surface area contributed by atoms with Crippen molar-refractivity contribution in [3.8, 4) is 11.5 Å². The van der Waals surface area contributed by atoms with Gasteiger partial charge in [-0.25, -0.2) is 9.78 Å². The number of amides is 2. The molecule has 1 aliphatic rings. The summed E-state index contributed by atoms with van der Waals surface area (Å²) in [6.45, 7) is 5.27. The lowest BCUT2D eigenvalue weighted by Crippen LogP contribution is -2.25. The van der Waals surface area contributed by atoms with Gasteiger partial charge in [-0.05, 0) is 51.8 Å². The van der Waals surface area contributed by atoms with Crippen LogP contribution in [0.25, 0.3) is 11.5 Å². The first-order valence-electron chi connectivity index (χ1n) is 11.8. The molecule has 0 bridgehead atoms. The Kier molecular flexibility index (Phi) is 7.70. The number of ether oxygens (including phenoxy) is 1. The van der Waals surface area contributed by atoms with Crippen molar-refractivity contribution in [2.24, 2.45) is 5.92 Å². The second kappa shape index (κ2) is 10.9. The van der Waals surface area contributed by atoms with E-state index in [1.807, 2.05) is 19.1 Å². The number of hydrogen-bond acceptors (Lipinski definition) is 6. The maximum Gasteiger partial charge on any atom is 0.412 e. The van der Waals surface area contributed by atoms with Crippen LogP contribution in [0.5, 0.6) is 0 Å². The molecule has 0 radical (unpaired) electrons. The molecule has 1 aliphatic carbocycles. The van der Waals surface area contributed by atoms with E-state index in [2.05, 4.69) is 20.8 Å². The molecule has 2 heterocycles. The predicted octanol–water partition coefficient (Wildman–Crippen LogP) is 6.84. The first-order chi connectivity index (χ1) is 16.8. The van der Waals surface area contributed by atoms with Crippen molar-refractivity contribution in [1.29, 1.82) is 0 Å². The summed E-state index contributed by atoms with van der Waals surface area (Å²) in [6, 6.07) is 10.7. The van der Waals surface area contributed by atoms with Crippen molar-refractivity contribution in [3.05, 3.63) is 58.4 Å². The lowest BCUT2D eigenvalue weighted by Gasteiger charge is -2.21. The molecule has 0 unspecified atom stereocenters. The van der Waals surface area contributed by atoms with Gasteiger partial charge in [0.1, 0.15) is 23.2 Å². The van der Waals surface area contributed by atoms with Gasteiger partial charge in [0.05, 0.1) is 11.4 Å². The number of carbonyl (C=O) groups excluding carboxylic acids is 2. The van der Waals surface area contributed by atoms with E-state index in [-0.39, 0.29) is 11.8 Å². The Balaban J connectivity index is 1.46. The zero-order chi connectivity index (χ0) is 24.9. The van der Waals surface area contributed by atoms with Crippen LogP contribution in [0.15, 0.2) is 40.9 Å². The average Bonchev–Trinajstić information content (AvgIpc) is 3.20. The maximum absolute atomic E-state index is 12.6. The summed E-state index contributed by atoms with van der Waals surface area (Å²) < 4.78 is 11.0. The fourth-order valence-corrected chi connectivity index (χ4v) is 4.56. The number of halogens is 1. The quantitative estimate of drug-likeness (QED) is 0.387. The SMILES string of the molecule is Cc1nc(-c2onc(C)c2NC(=O)O[C@H](C)c2ccccc2Cl)ccc1NC(=O)C1CCCCC1. The lowest BCUT2D eigenvalue weighted by atomic mass is 9.88. The Hall–Kier alpha value is -3.39. The monoisotopic (exact) mass is 496 g/mol. The molecule has 9 heteroatoms. The molecular formula is C26H29ClN4O4. The van der Waals surface area contributed by atoms with Gasteiger partial charge in [-0.1, -0.05) is 54.2 Å². The fraction of sp³-hybridized carbons (Fsp3) is 0.385. The molecule has 8 nitrogen and oxygen atoms in total. The van der Waals surface area contributed by atoms with E-state index in [1.165, 1.54) is 6.42 Å². The topological polar surface area (TPSA) is 106 Å². The van der Waals surface area contributed by atoms with E-state index < -0.39 is 12.2 Å². The molecule has 184 valence electrons. The first kappa shape index (κ1) is 24.7. The molecule has 35 heavy (non-hydrogen) atoms. The second-order valence-corrected chi connectivity index (χ2v) is 9.23. The zero-order valence-corrected chi connectivity index (χ0v) is 20.8. The van der Waals surface area contributed by atoms with E-state index in [9.17, 15) is 9.59 Å². The number of pyridine rings is 1. The summed E-state index contributed by atoms with van der Waals surface area (Å²) in [5.74, 6) is 0.392. The van der Waals surface area contributed by atoms with Gasteiger partial charge < -0.3 is 14.6 Å². The molecule has 0 saturated heterocycles. The highest BCUT2D eigenvalue weighted by Gasteiger charge is 2.24. The zero-order valence-electron chi connectivity index (χ0n) is 20.1. The van der Waals surface area contributed by atoms with E-state index in [0.717, 1.165) is 25.7 Å². The largest absolute Gasteiger partial charge is 0.441 e. The highest BCUT2D eigenvalue weighted by atomic mass is 35.5. The second-order valence-electron chi connectivity index (χ2n) is 8.82. The average molecular weight is 497 g/mol. The predicted molar refractivity (Wildman–Crippen MR) is 134 cm³/mol. The Labute approximate surface area is 209 Å². The van der Waals surface area contributed by atoms with Crippen molar-refractivity contribution in [2.45, 2.75) is 59.0 Å². The molecule has 0 aliphatic heterocycles. The summed E-state index contributed by atoms with van der Waals surface area (Å²) in [4.78, 5) is 29.8. The van der Waals surface area contributed by atoms with Crippen LogP contribution in [-0.4, -0.2) is 22.1 Å². The number of rotatable bonds is 6. The van der Waals surface area contributed by atoms with Gasteiger partial charge in [0.2, 0.25) is 11.7 Å². The molecule has 1 saturated carbocycles. The molecule has 1 aromatic carbocycles. The van der Waals surface area contributed by atoms with Crippen LogP contribution in [0, 0.1) is 19.8 Å². The molecule has 1 atom stereocenters. The number of nitrogens with one attached hydrogen (secondary N) is 2. The minimum Gasteiger partial charge on any atom is -0.441 e. The number of carbonyl (C=O) groups is 2. The summed E-state index contributed by atoms with van der Waals surface area (Å²) in [7, 11) is 0. The van der Waals surface area contributed by atoms with E-state index in [4.69, 9.17) is 20.9 Å². The summed E-state index contributed by atoms with van der Waals surface area (Å²) in [5, 5.41) is 10.2. The maximum atomic E-state index is 12.6. The highest BCUT2D eigenvalue weighted by Crippen LogP contribution is 2.32. The van der Waals surface area contributed by atoms with Crippen molar-refractivity contribution < 1.29 is 18.8 Å². The molecule has 0 spiro atoms. The Morgan fingerprint density at radius 1 is 1.06 bits per heavy atom. The number of benzene rings is 1. The third-order valence-corrected chi connectivity index (χ3v) is 6.61. The normalized spacial score (nSPS) is 14.9. The molecule has 2 N–H and O–H groups in total. The van der Waals surface area contributed by atoms with Crippen LogP contribution >= 0.6 is 11.6 Å².